The van der Waals surface area contributed by atoms with E-state index in [9.17, 15) is 4.79 Å². The van der Waals surface area contributed by atoms with Crippen LogP contribution in [0.3, 0.4) is 0 Å². The van der Waals surface area contributed by atoms with Crippen LogP contribution in [-0.2, 0) is 11.3 Å². The van der Waals surface area contributed by atoms with Gasteiger partial charge in [0.05, 0.1) is 0 Å². The average Bonchev–Trinajstić information content (AvgIpc) is 2.48. The summed E-state index contributed by atoms with van der Waals surface area (Å²) in [5.74, 6) is 0.200. The molecule has 0 atom stereocenters. The standard InChI is InChI=1S/C16H23BrN2O/c17-10-4-7-16(20)18-15-8-11-19(12-9-15)13-14-5-2-1-3-6-14/h1-3,5-6,15H,4,7-13H2,(H,18,20). The number of amides is 1. The highest BCUT2D eigenvalue weighted by Crippen LogP contribution is 2.14. The van der Waals surface area contributed by atoms with E-state index in [2.05, 4.69) is 56.5 Å². The molecule has 1 heterocycles. The molecule has 0 saturated carbocycles. The minimum atomic E-state index is 0.200. The number of rotatable bonds is 6. The molecule has 1 amide bonds. The van der Waals surface area contributed by atoms with E-state index >= 15 is 0 Å². The van der Waals surface area contributed by atoms with E-state index in [0.717, 1.165) is 44.2 Å². The number of hydrogen-bond acceptors (Lipinski definition) is 2. The first-order valence-corrected chi connectivity index (χ1v) is 8.51. The van der Waals surface area contributed by atoms with E-state index in [-0.39, 0.29) is 5.91 Å². The van der Waals surface area contributed by atoms with Gasteiger partial charge in [0.2, 0.25) is 5.91 Å². The van der Waals surface area contributed by atoms with E-state index < -0.39 is 0 Å². The molecule has 0 radical (unpaired) electrons. The molecule has 0 aromatic heterocycles. The van der Waals surface area contributed by atoms with E-state index in [1.807, 2.05) is 0 Å². The summed E-state index contributed by atoms with van der Waals surface area (Å²) in [5, 5.41) is 4.05. The Morgan fingerprint density at radius 3 is 2.60 bits per heavy atom. The lowest BCUT2D eigenvalue weighted by molar-refractivity contribution is -0.122. The van der Waals surface area contributed by atoms with Crippen molar-refractivity contribution in [1.82, 2.24) is 10.2 Å². The normalized spacial score (nSPS) is 17.1. The predicted molar refractivity (Wildman–Crippen MR) is 85.9 cm³/mol. The van der Waals surface area contributed by atoms with Crippen LogP contribution < -0.4 is 5.32 Å². The fourth-order valence-corrected chi connectivity index (χ4v) is 2.88. The van der Waals surface area contributed by atoms with Crippen LogP contribution in [0.2, 0.25) is 0 Å². The number of likely N-dealkylation sites (tertiary alicyclic amines) is 1. The molecule has 1 aromatic rings. The van der Waals surface area contributed by atoms with Crippen molar-refractivity contribution in [1.29, 1.82) is 0 Å². The molecule has 0 spiro atoms. The van der Waals surface area contributed by atoms with Crippen molar-refractivity contribution < 1.29 is 4.79 Å². The molecule has 1 N–H and O–H groups in total. The van der Waals surface area contributed by atoms with Gasteiger partial charge in [-0.05, 0) is 24.8 Å². The van der Waals surface area contributed by atoms with Crippen molar-refractivity contribution in [2.45, 2.75) is 38.3 Å². The summed E-state index contributed by atoms with van der Waals surface area (Å²) in [5.41, 5.74) is 1.37. The molecular formula is C16H23BrN2O. The van der Waals surface area contributed by atoms with Gasteiger partial charge in [-0.15, -0.1) is 0 Å². The number of nitrogens with one attached hydrogen (secondary N) is 1. The average molecular weight is 339 g/mol. The van der Waals surface area contributed by atoms with Gasteiger partial charge < -0.3 is 5.32 Å². The van der Waals surface area contributed by atoms with Crippen LogP contribution in [0.1, 0.15) is 31.2 Å². The molecule has 1 fully saturated rings. The lowest BCUT2D eigenvalue weighted by atomic mass is 10.0. The third-order valence-electron chi connectivity index (χ3n) is 3.74. The van der Waals surface area contributed by atoms with Crippen LogP contribution >= 0.6 is 15.9 Å². The second kappa shape index (κ2) is 8.42. The Labute approximate surface area is 129 Å². The van der Waals surface area contributed by atoms with Gasteiger partial charge in [0.25, 0.3) is 0 Å². The number of carbonyl (C=O) groups excluding carboxylic acids is 1. The quantitative estimate of drug-likeness (QED) is 0.809. The van der Waals surface area contributed by atoms with E-state index in [1.165, 1.54) is 5.56 Å². The number of nitrogens with zero attached hydrogens (tertiary/aromatic N) is 1. The summed E-state index contributed by atoms with van der Waals surface area (Å²) in [6, 6.07) is 10.9. The molecule has 110 valence electrons. The molecule has 0 aliphatic carbocycles. The summed E-state index contributed by atoms with van der Waals surface area (Å²) < 4.78 is 0. The van der Waals surface area contributed by atoms with E-state index in [0.29, 0.717) is 12.5 Å². The number of carbonyl (C=O) groups is 1. The summed E-state index contributed by atoms with van der Waals surface area (Å²) in [6.45, 7) is 3.15. The van der Waals surface area contributed by atoms with Gasteiger partial charge in [0, 0.05) is 37.4 Å². The van der Waals surface area contributed by atoms with Gasteiger partial charge >= 0.3 is 0 Å². The zero-order valence-electron chi connectivity index (χ0n) is 11.9. The van der Waals surface area contributed by atoms with Gasteiger partial charge in [0.1, 0.15) is 0 Å². The minimum Gasteiger partial charge on any atom is -0.353 e. The number of halogens is 1. The van der Waals surface area contributed by atoms with Crippen LogP contribution in [0.4, 0.5) is 0 Å². The first-order valence-electron chi connectivity index (χ1n) is 7.39. The highest BCUT2D eigenvalue weighted by atomic mass is 79.9. The van der Waals surface area contributed by atoms with Crippen LogP contribution in [-0.4, -0.2) is 35.3 Å². The maximum atomic E-state index is 11.7. The zero-order chi connectivity index (χ0) is 14.2. The third kappa shape index (κ3) is 5.25. The van der Waals surface area contributed by atoms with Crippen molar-refractivity contribution in [3.8, 4) is 0 Å². The first-order chi connectivity index (χ1) is 9.78. The highest BCUT2D eigenvalue weighted by molar-refractivity contribution is 9.09. The van der Waals surface area contributed by atoms with Crippen LogP contribution in [0.15, 0.2) is 30.3 Å². The number of alkyl halides is 1. The highest BCUT2D eigenvalue weighted by Gasteiger charge is 2.20. The van der Waals surface area contributed by atoms with Crippen LogP contribution in [0, 0.1) is 0 Å². The number of hydrogen-bond donors (Lipinski definition) is 1. The minimum absolute atomic E-state index is 0.200. The van der Waals surface area contributed by atoms with Gasteiger partial charge in [0.15, 0.2) is 0 Å². The molecule has 1 aromatic carbocycles. The Morgan fingerprint density at radius 2 is 1.95 bits per heavy atom. The molecule has 1 aliphatic rings. The Balaban J connectivity index is 1.68. The Bertz CT molecular complexity index is 402. The molecule has 20 heavy (non-hydrogen) atoms. The van der Waals surface area contributed by atoms with E-state index in [1.54, 1.807) is 0 Å². The molecular weight excluding hydrogens is 316 g/mol. The van der Waals surface area contributed by atoms with Crippen molar-refractivity contribution in [3.05, 3.63) is 35.9 Å². The maximum Gasteiger partial charge on any atom is 0.220 e. The zero-order valence-corrected chi connectivity index (χ0v) is 13.4. The third-order valence-corrected chi connectivity index (χ3v) is 4.30. The molecule has 3 nitrogen and oxygen atoms in total. The van der Waals surface area contributed by atoms with Crippen molar-refractivity contribution >= 4 is 21.8 Å². The SMILES string of the molecule is O=C(CCCBr)NC1CCN(Cc2ccccc2)CC1. The fraction of sp³-hybridized carbons (Fsp3) is 0.562. The van der Waals surface area contributed by atoms with Crippen molar-refractivity contribution in [2.75, 3.05) is 18.4 Å². The second-order valence-electron chi connectivity index (χ2n) is 5.40. The number of piperidine rings is 1. The van der Waals surface area contributed by atoms with Crippen LogP contribution in [0.5, 0.6) is 0 Å². The second-order valence-corrected chi connectivity index (χ2v) is 6.19. The molecule has 2 rings (SSSR count). The van der Waals surface area contributed by atoms with Gasteiger partial charge in [-0.2, -0.15) is 0 Å². The largest absolute Gasteiger partial charge is 0.353 e. The molecule has 1 aliphatic heterocycles. The first kappa shape index (κ1) is 15.5. The topological polar surface area (TPSA) is 32.3 Å². The smallest absolute Gasteiger partial charge is 0.220 e. The molecule has 0 unspecified atom stereocenters. The molecule has 0 bridgehead atoms. The summed E-state index contributed by atoms with van der Waals surface area (Å²) >= 11 is 3.36. The lowest BCUT2D eigenvalue weighted by Gasteiger charge is -2.32. The summed E-state index contributed by atoms with van der Waals surface area (Å²) in [4.78, 5) is 14.2. The Morgan fingerprint density at radius 1 is 1.25 bits per heavy atom. The van der Waals surface area contributed by atoms with Gasteiger partial charge in [-0.25, -0.2) is 0 Å². The summed E-state index contributed by atoms with van der Waals surface area (Å²) in [6.07, 6.45) is 3.67. The lowest BCUT2D eigenvalue weighted by Crippen LogP contribution is -2.44. The molecule has 4 heteroatoms. The Hall–Kier alpha value is -0.870. The maximum absolute atomic E-state index is 11.7. The van der Waals surface area contributed by atoms with Crippen molar-refractivity contribution in [2.24, 2.45) is 0 Å². The Kier molecular flexibility index (Phi) is 6.54. The fourth-order valence-electron chi connectivity index (χ4n) is 2.60. The van der Waals surface area contributed by atoms with Crippen LogP contribution in [0.25, 0.3) is 0 Å². The molecule has 1 saturated heterocycles. The van der Waals surface area contributed by atoms with Crippen molar-refractivity contribution in [3.63, 3.8) is 0 Å². The summed E-state index contributed by atoms with van der Waals surface area (Å²) in [7, 11) is 0. The van der Waals surface area contributed by atoms with Gasteiger partial charge in [-0.3, -0.25) is 9.69 Å². The van der Waals surface area contributed by atoms with E-state index in [4.69, 9.17) is 0 Å². The number of benzene rings is 1. The predicted octanol–water partition coefficient (Wildman–Crippen LogP) is 2.94. The monoisotopic (exact) mass is 338 g/mol. The van der Waals surface area contributed by atoms with Gasteiger partial charge in [-0.1, -0.05) is 46.3 Å².